The Kier molecular flexibility index (Phi) is 4.48. The van der Waals surface area contributed by atoms with E-state index in [-0.39, 0.29) is 16.0 Å². The molecule has 0 radical (unpaired) electrons. The maximum Gasteiger partial charge on any atom is 0.245 e. The van der Waals surface area contributed by atoms with Gasteiger partial charge in [-0.05, 0) is 31.0 Å². The van der Waals surface area contributed by atoms with Crippen molar-refractivity contribution in [3.63, 3.8) is 0 Å². The fourth-order valence-corrected chi connectivity index (χ4v) is 4.10. The second-order valence-electron chi connectivity index (χ2n) is 4.89. The summed E-state index contributed by atoms with van der Waals surface area (Å²) in [6.45, 7) is 0. The van der Waals surface area contributed by atoms with Gasteiger partial charge < -0.3 is 0 Å². The average molecular weight is 306 g/mol. The van der Waals surface area contributed by atoms with Crippen LogP contribution in [0.15, 0.2) is 23.1 Å². The molecule has 0 aromatic heterocycles. The van der Waals surface area contributed by atoms with Gasteiger partial charge in [0.2, 0.25) is 10.0 Å². The van der Waals surface area contributed by atoms with E-state index in [9.17, 15) is 12.8 Å². The van der Waals surface area contributed by atoms with Crippen molar-refractivity contribution in [1.29, 1.82) is 0 Å². The van der Waals surface area contributed by atoms with Crippen LogP contribution in [0.25, 0.3) is 0 Å². The Morgan fingerprint density at radius 1 is 1.26 bits per heavy atom. The minimum Gasteiger partial charge on any atom is -0.207 e. The molecule has 2 rings (SSSR count). The summed E-state index contributed by atoms with van der Waals surface area (Å²) < 4.78 is 39.9. The number of halogens is 2. The van der Waals surface area contributed by atoms with Crippen molar-refractivity contribution < 1.29 is 12.8 Å². The standard InChI is InChI=1S/C13H17ClFNO2S/c1-16(11-5-3-2-4-6-11)19(17,18)13-8-7-10(14)9-12(13)15/h7-9,11H,2-6H2,1H3. The average Bonchev–Trinajstić information content (AvgIpc) is 2.38. The van der Waals surface area contributed by atoms with Gasteiger partial charge in [0, 0.05) is 18.1 Å². The second-order valence-corrected chi connectivity index (χ2v) is 7.29. The van der Waals surface area contributed by atoms with Gasteiger partial charge in [-0.3, -0.25) is 0 Å². The molecule has 0 atom stereocenters. The SMILES string of the molecule is CN(C1CCCCC1)S(=O)(=O)c1ccc(Cl)cc1F. The predicted octanol–water partition coefficient (Wildman–Crippen LogP) is 3.43. The van der Waals surface area contributed by atoms with Crippen LogP contribution in [0, 0.1) is 5.82 Å². The maximum atomic E-state index is 13.8. The highest BCUT2D eigenvalue weighted by atomic mass is 35.5. The van der Waals surface area contributed by atoms with Crippen molar-refractivity contribution in [2.45, 2.75) is 43.0 Å². The summed E-state index contributed by atoms with van der Waals surface area (Å²) in [5, 5.41) is 0.191. The molecule has 0 N–H and O–H groups in total. The molecular weight excluding hydrogens is 289 g/mol. The molecule has 1 aromatic carbocycles. The topological polar surface area (TPSA) is 37.4 Å². The lowest BCUT2D eigenvalue weighted by atomic mass is 9.96. The summed E-state index contributed by atoms with van der Waals surface area (Å²) in [4.78, 5) is -0.301. The molecule has 19 heavy (non-hydrogen) atoms. The number of nitrogens with zero attached hydrogens (tertiary/aromatic N) is 1. The molecule has 1 aliphatic carbocycles. The molecule has 0 heterocycles. The Labute approximate surface area is 118 Å². The lowest BCUT2D eigenvalue weighted by Gasteiger charge is -2.30. The molecule has 0 saturated heterocycles. The Morgan fingerprint density at radius 3 is 2.47 bits per heavy atom. The molecule has 0 spiro atoms. The van der Waals surface area contributed by atoms with Crippen molar-refractivity contribution in [3.05, 3.63) is 29.0 Å². The number of benzene rings is 1. The van der Waals surface area contributed by atoms with Gasteiger partial charge in [-0.25, -0.2) is 12.8 Å². The highest BCUT2D eigenvalue weighted by Crippen LogP contribution is 2.28. The first-order valence-electron chi connectivity index (χ1n) is 6.36. The summed E-state index contributed by atoms with van der Waals surface area (Å²) in [5.41, 5.74) is 0. The molecule has 106 valence electrons. The lowest BCUT2D eigenvalue weighted by Crippen LogP contribution is -2.38. The van der Waals surface area contributed by atoms with Crippen LogP contribution in [-0.4, -0.2) is 25.8 Å². The number of sulfonamides is 1. The van der Waals surface area contributed by atoms with Crippen molar-refractivity contribution >= 4 is 21.6 Å². The van der Waals surface area contributed by atoms with Crippen molar-refractivity contribution in [2.75, 3.05) is 7.05 Å². The van der Waals surface area contributed by atoms with Crippen LogP contribution in [-0.2, 0) is 10.0 Å². The highest BCUT2D eigenvalue weighted by Gasteiger charge is 2.30. The van der Waals surface area contributed by atoms with Gasteiger partial charge in [-0.15, -0.1) is 0 Å². The van der Waals surface area contributed by atoms with Gasteiger partial charge in [0.1, 0.15) is 10.7 Å². The Bertz CT molecular complexity index is 556. The van der Waals surface area contributed by atoms with Gasteiger partial charge in [0.05, 0.1) is 0 Å². The van der Waals surface area contributed by atoms with Crippen molar-refractivity contribution in [1.82, 2.24) is 4.31 Å². The van der Waals surface area contributed by atoms with E-state index in [1.54, 1.807) is 0 Å². The molecule has 0 unspecified atom stereocenters. The van der Waals surface area contributed by atoms with Gasteiger partial charge >= 0.3 is 0 Å². The molecular formula is C13H17ClFNO2S. The van der Waals surface area contributed by atoms with Crippen LogP contribution in [0.1, 0.15) is 32.1 Å². The normalized spacial score (nSPS) is 17.9. The van der Waals surface area contributed by atoms with E-state index in [1.807, 2.05) is 0 Å². The fraction of sp³-hybridized carbons (Fsp3) is 0.538. The van der Waals surface area contributed by atoms with E-state index in [4.69, 9.17) is 11.6 Å². The molecule has 1 aromatic rings. The van der Waals surface area contributed by atoms with E-state index >= 15 is 0 Å². The summed E-state index contributed by atoms with van der Waals surface area (Å²) in [5.74, 6) is -0.796. The summed E-state index contributed by atoms with van der Waals surface area (Å²) in [6.07, 6.45) is 4.86. The van der Waals surface area contributed by atoms with E-state index in [0.29, 0.717) is 0 Å². The van der Waals surface area contributed by atoms with Crippen LogP contribution in [0.2, 0.25) is 5.02 Å². The third-order valence-corrected chi connectivity index (χ3v) is 5.82. The van der Waals surface area contributed by atoms with Crippen LogP contribution in [0.5, 0.6) is 0 Å². The van der Waals surface area contributed by atoms with Crippen molar-refractivity contribution in [2.24, 2.45) is 0 Å². The van der Waals surface area contributed by atoms with Gasteiger partial charge in [0.15, 0.2) is 0 Å². The summed E-state index contributed by atoms with van der Waals surface area (Å²) in [7, 11) is -2.26. The van der Waals surface area contributed by atoms with Crippen LogP contribution >= 0.6 is 11.6 Å². The minimum absolute atomic E-state index is 0.0335. The second kappa shape index (κ2) is 5.77. The zero-order chi connectivity index (χ0) is 14.0. The maximum absolute atomic E-state index is 13.8. The first-order chi connectivity index (χ1) is 8.93. The summed E-state index contributed by atoms with van der Waals surface area (Å²) in [6, 6.07) is 3.62. The minimum atomic E-state index is -3.79. The number of hydrogen-bond donors (Lipinski definition) is 0. The highest BCUT2D eigenvalue weighted by molar-refractivity contribution is 7.89. The number of rotatable bonds is 3. The van der Waals surface area contributed by atoms with E-state index < -0.39 is 15.8 Å². The van der Waals surface area contributed by atoms with Gasteiger partial charge in [0.25, 0.3) is 0 Å². The quantitative estimate of drug-likeness (QED) is 0.858. The van der Waals surface area contributed by atoms with Crippen LogP contribution in [0.4, 0.5) is 4.39 Å². The van der Waals surface area contributed by atoms with Gasteiger partial charge in [-0.1, -0.05) is 30.9 Å². The summed E-state index contributed by atoms with van der Waals surface area (Å²) >= 11 is 5.65. The number of hydrogen-bond acceptors (Lipinski definition) is 2. The zero-order valence-electron chi connectivity index (χ0n) is 10.8. The largest absolute Gasteiger partial charge is 0.245 e. The first kappa shape index (κ1) is 14.8. The first-order valence-corrected chi connectivity index (χ1v) is 8.18. The third kappa shape index (κ3) is 3.09. The zero-order valence-corrected chi connectivity index (χ0v) is 12.3. The Balaban J connectivity index is 2.30. The Hall–Kier alpha value is -0.650. The molecule has 0 amide bonds. The monoisotopic (exact) mass is 305 g/mol. The van der Waals surface area contributed by atoms with Gasteiger partial charge in [-0.2, -0.15) is 4.31 Å². The van der Waals surface area contributed by atoms with Crippen LogP contribution in [0.3, 0.4) is 0 Å². The fourth-order valence-electron chi connectivity index (χ4n) is 2.48. The van der Waals surface area contributed by atoms with Crippen LogP contribution < -0.4 is 0 Å². The third-order valence-electron chi connectivity index (χ3n) is 3.64. The van der Waals surface area contributed by atoms with E-state index in [1.165, 1.54) is 23.5 Å². The molecule has 0 bridgehead atoms. The molecule has 1 fully saturated rings. The molecule has 6 heteroatoms. The molecule has 1 aliphatic rings. The Morgan fingerprint density at radius 2 is 1.89 bits per heavy atom. The van der Waals surface area contributed by atoms with Crippen molar-refractivity contribution in [3.8, 4) is 0 Å². The molecule has 3 nitrogen and oxygen atoms in total. The smallest absolute Gasteiger partial charge is 0.207 e. The lowest BCUT2D eigenvalue weighted by molar-refractivity contribution is 0.285. The van der Waals surface area contributed by atoms with E-state index in [2.05, 4.69) is 0 Å². The molecule has 1 saturated carbocycles. The predicted molar refractivity (Wildman–Crippen MR) is 73.2 cm³/mol. The van der Waals surface area contributed by atoms with E-state index in [0.717, 1.165) is 38.2 Å². The molecule has 0 aliphatic heterocycles.